The molecule has 1 spiro atoms. The van der Waals surface area contributed by atoms with Crippen molar-refractivity contribution in [3.05, 3.63) is 35.9 Å². The minimum Gasteiger partial charge on any atom is -0.370 e. The van der Waals surface area contributed by atoms with Crippen molar-refractivity contribution in [1.29, 1.82) is 0 Å². The van der Waals surface area contributed by atoms with Gasteiger partial charge in [-0.3, -0.25) is 4.99 Å². The summed E-state index contributed by atoms with van der Waals surface area (Å²) in [5.41, 5.74) is 6.87. The summed E-state index contributed by atoms with van der Waals surface area (Å²) in [6.07, 6.45) is 0.935. The van der Waals surface area contributed by atoms with Gasteiger partial charge in [-0.25, -0.2) is 0 Å². The highest BCUT2D eigenvalue weighted by molar-refractivity contribution is 5.81. The Hall–Kier alpha value is -1.55. The second-order valence-corrected chi connectivity index (χ2v) is 7.33. The Bertz CT molecular complexity index is 565. The summed E-state index contributed by atoms with van der Waals surface area (Å²) in [5, 5.41) is 0. The first-order chi connectivity index (χ1) is 9.76. The fraction of sp³-hybridized carbons (Fsp3) is 0.588. The van der Waals surface area contributed by atoms with E-state index in [1.807, 2.05) is 6.07 Å². The van der Waals surface area contributed by atoms with Gasteiger partial charge in [-0.05, 0) is 33.3 Å². The van der Waals surface area contributed by atoms with Crippen LogP contribution < -0.4 is 5.73 Å². The Morgan fingerprint density at radius 2 is 1.86 bits per heavy atom. The predicted octanol–water partition coefficient (Wildman–Crippen LogP) is 2.53. The number of guanidine groups is 1. The van der Waals surface area contributed by atoms with Crippen LogP contribution in [-0.2, 0) is 11.3 Å². The van der Waals surface area contributed by atoms with Gasteiger partial charge in [0, 0.05) is 13.0 Å². The minimum atomic E-state index is -0.282. The van der Waals surface area contributed by atoms with E-state index in [2.05, 4.69) is 61.9 Å². The molecule has 0 radical (unpaired) electrons. The molecule has 1 fully saturated rings. The molecule has 0 aliphatic carbocycles. The molecule has 0 aromatic heterocycles. The smallest absolute Gasteiger partial charge is 0.192 e. The Morgan fingerprint density at radius 3 is 2.43 bits per heavy atom. The van der Waals surface area contributed by atoms with Gasteiger partial charge < -0.3 is 15.4 Å². The molecule has 2 aliphatic rings. The van der Waals surface area contributed by atoms with Crippen molar-refractivity contribution in [3.8, 4) is 0 Å². The quantitative estimate of drug-likeness (QED) is 0.909. The zero-order chi connectivity index (χ0) is 15.3. The molecule has 0 amide bonds. The lowest BCUT2D eigenvalue weighted by Crippen LogP contribution is -2.60. The monoisotopic (exact) mass is 287 g/mol. The lowest BCUT2D eigenvalue weighted by Gasteiger charge is -2.44. The molecule has 4 nitrogen and oxygen atoms in total. The molecule has 0 bridgehead atoms. The van der Waals surface area contributed by atoms with Crippen molar-refractivity contribution in [2.24, 2.45) is 10.7 Å². The number of aliphatic imine (C=N–C) groups is 1. The summed E-state index contributed by atoms with van der Waals surface area (Å²) in [6.45, 7) is 10.1. The molecule has 114 valence electrons. The van der Waals surface area contributed by atoms with E-state index >= 15 is 0 Å². The van der Waals surface area contributed by atoms with Crippen LogP contribution in [-0.4, -0.2) is 34.1 Å². The van der Waals surface area contributed by atoms with Gasteiger partial charge in [0.2, 0.25) is 0 Å². The van der Waals surface area contributed by atoms with Crippen molar-refractivity contribution >= 4 is 5.96 Å². The topological polar surface area (TPSA) is 50.8 Å². The van der Waals surface area contributed by atoms with Crippen LogP contribution >= 0.6 is 0 Å². The van der Waals surface area contributed by atoms with Gasteiger partial charge in [0.1, 0.15) is 0 Å². The van der Waals surface area contributed by atoms with Crippen molar-refractivity contribution in [2.45, 2.75) is 57.4 Å². The highest BCUT2D eigenvalue weighted by atomic mass is 16.5. The summed E-state index contributed by atoms with van der Waals surface area (Å²) in [4.78, 5) is 6.80. The van der Waals surface area contributed by atoms with Crippen molar-refractivity contribution in [2.75, 3.05) is 6.54 Å². The Kier molecular flexibility index (Phi) is 3.06. The van der Waals surface area contributed by atoms with Crippen LogP contribution in [0.2, 0.25) is 0 Å². The van der Waals surface area contributed by atoms with Crippen LogP contribution in [0.4, 0.5) is 0 Å². The summed E-state index contributed by atoms with van der Waals surface area (Å²) in [7, 11) is 0. The second kappa shape index (κ2) is 4.47. The average molecular weight is 287 g/mol. The van der Waals surface area contributed by atoms with E-state index in [0.29, 0.717) is 12.5 Å². The Morgan fingerprint density at radius 1 is 1.19 bits per heavy atom. The third kappa shape index (κ3) is 2.22. The van der Waals surface area contributed by atoms with Gasteiger partial charge in [-0.15, -0.1) is 0 Å². The number of hydrogen-bond acceptors (Lipinski definition) is 4. The zero-order valence-corrected chi connectivity index (χ0v) is 13.4. The first kappa shape index (κ1) is 14.4. The SMILES string of the molecule is CC1(C)CC2(CN=C(N)N2Cc2ccccc2)C(C)(C)O1. The molecule has 4 heteroatoms. The van der Waals surface area contributed by atoms with Crippen LogP contribution in [0.25, 0.3) is 0 Å². The fourth-order valence-corrected chi connectivity index (χ4v) is 4.01. The largest absolute Gasteiger partial charge is 0.370 e. The molecule has 2 N–H and O–H groups in total. The van der Waals surface area contributed by atoms with Gasteiger partial charge in [0.05, 0.1) is 23.3 Å². The summed E-state index contributed by atoms with van der Waals surface area (Å²) in [6, 6.07) is 10.4. The van der Waals surface area contributed by atoms with E-state index in [1.165, 1.54) is 5.56 Å². The van der Waals surface area contributed by atoms with Crippen molar-refractivity contribution < 1.29 is 4.74 Å². The molecular weight excluding hydrogens is 262 g/mol. The van der Waals surface area contributed by atoms with Gasteiger partial charge in [0.25, 0.3) is 0 Å². The molecule has 1 saturated heterocycles. The fourth-order valence-electron chi connectivity index (χ4n) is 4.01. The summed E-state index contributed by atoms with van der Waals surface area (Å²) < 4.78 is 6.32. The molecular formula is C17H25N3O. The van der Waals surface area contributed by atoms with Crippen molar-refractivity contribution in [1.82, 2.24) is 4.90 Å². The maximum absolute atomic E-state index is 6.32. The van der Waals surface area contributed by atoms with Crippen LogP contribution in [0.5, 0.6) is 0 Å². The highest BCUT2D eigenvalue weighted by Gasteiger charge is 2.62. The highest BCUT2D eigenvalue weighted by Crippen LogP contribution is 2.50. The van der Waals surface area contributed by atoms with Gasteiger partial charge in [-0.1, -0.05) is 30.3 Å². The van der Waals surface area contributed by atoms with E-state index in [4.69, 9.17) is 10.5 Å². The van der Waals surface area contributed by atoms with Crippen LogP contribution in [0, 0.1) is 0 Å². The van der Waals surface area contributed by atoms with E-state index in [-0.39, 0.29) is 16.7 Å². The molecule has 1 atom stereocenters. The number of nitrogens with zero attached hydrogens (tertiary/aromatic N) is 2. The zero-order valence-electron chi connectivity index (χ0n) is 13.4. The molecule has 0 saturated carbocycles. The Labute approximate surface area is 127 Å². The van der Waals surface area contributed by atoms with E-state index in [0.717, 1.165) is 13.0 Å². The first-order valence-electron chi connectivity index (χ1n) is 7.58. The van der Waals surface area contributed by atoms with Gasteiger partial charge >= 0.3 is 0 Å². The molecule has 1 unspecified atom stereocenters. The maximum atomic E-state index is 6.32. The van der Waals surface area contributed by atoms with E-state index < -0.39 is 0 Å². The average Bonchev–Trinajstić information content (AvgIpc) is 2.78. The van der Waals surface area contributed by atoms with Crippen LogP contribution in [0.3, 0.4) is 0 Å². The van der Waals surface area contributed by atoms with Crippen LogP contribution in [0.1, 0.15) is 39.7 Å². The number of ether oxygens (including phenoxy) is 1. The van der Waals surface area contributed by atoms with Crippen molar-refractivity contribution in [3.63, 3.8) is 0 Å². The summed E-state index contributed by atoms with van der Waals surface area (Å²) in [5.74, 6) is 0.633. The minimum absolute atomic E-state index is 0.154. The molecule has 2 heterocycles. The van der Waals surface area contributed by atoms with Gasteiger partial charge in [-0.2, -0.15) is 0 Å². The number of nitrogens with two attached hydrogens (primary N) is 1. The molecule has 3 rings (SSSR count). The molecule has 1 aromatic carbocycles. The van der Waals surface area contributed by atoms with E-state index in [9.17, 15) is 0 Å². The maximum Gasteiger partial charge on any atom is 0.192 e. The third-order valence-electron chi connectivity index (χ3n) is 4.85. The third-order valence-corrected chi connectivity index (χ3v) is 4.85. The van der Waals surface area contributed by atoms with Crippen LogP contribution in [0.15, 0.2) is 35.3 Å². The number of benzene rings is 1. The second-order valence-electron chi connectivity index (χ2n) is 7.33. The number of hydrogen-bond donors (Lipinski definition) is 1. The lowest BCUT2D eigenvalue weighted by molar-refractivity contribution is -0.0924. The summed E-state index contributed by atoms with van der Waals surface area (Å²) >= 11 is 0. The predicted molar refractivity (Wildman–Crippen MR) is 85.1 cm³/mol. The number of rotatable bonds is 2. The Balaban J connectivity index is 1.95. The standard InChI is InChI=1S/C17H25N3O/c1-15(2)11-17(16(3,4)21-15)12-19-14(18)20(17)10-13-8-6-5-7-9-13/h5-9H,10-12H2,1-4H3,(H2,18,19). The molecule has 2 aliphatic heterocycles. The van der Waals surface area contributed by atoms with Gasteiger partial charge in [0.15, 0.2) is 5.96 Å². The first-order valence-corrected chi connectivity index (χ1v) is 7.58. The molecule has 21 heavy (non-hydrogen) atoms. The molecule has 1 aromatic rings. The lowest BCUT2D eigenvalue weighted by atomic mass is 9.78. The normalized spacial score (nSPS) is 29.9. The van der Waals surface area contributed by atoms with E-state index in [1.54, 1.807) is 0 Å².